The maximum absolute atomic E-state index is 13.6. The third-order valence-electron chi connectivity index (χ3n) is 8.16. The minimum atomic E-state index is -1.79. The van der Waals surface area contributed by atoms with Crippen LogP contribution in [0.5, 0.6) is 5.75 Å². The lowest BCUT2D eigenvalue weighted by atomic mass is 9.75. The van der Waals surface area contributed by atoms with Crippen LogP contribution in [-0.4, -0.2) is 50.6 Å². The quantitative estimate of drug-likeness (QED) is 0.0952. The summed E-state index contributed by atoms with van der Waals surface area (Å²) in [6.45, 7) is 0.713. The number of hydrogen-bond donors (Lipinski definition) is 1. The fraction of sp³-hybridized carbons (Fsp3) is 0.710. The Hall–Kier alpha value is -2.53. The molecule has 2 aliphatic rings. The molecule has 2 saturated carbocycles. The van der Waals surface area contributed by atoms with Gasteiger partial charge in [-0.15, -0.1) is 0 Å². The highest BCUT2D eigenvalue weighted by Crippen LogP contribution is 2.34. The van der Waals surface area contributed by atoms with Gasteiger partial charge in [0.1, 0.15) is 5.78 Å². The SMILES string of the molecule is O=C(CCOCCOCCNC(=O)C1CCC(C(=O)C2CCCCCCCCC2)CC1)Oc1c(F)c(F)cc(F)c1F. The fourth-order valence-electron chi connectivity index (χ4n) is 5.74. The number of ketones is 1. The molecule has 3 rings (SSSR count). The summed E-state index contributed by atoms with van der Waals surface area (Å²) in [5.74, 6) is -8.91. The van der Waals surface area contributed by atoms with E-state index < -0.39 is 41.4 Å². The second kappa shape index (κ2) is 18.2. The monoisotopic (exact) mass is 601 g/mol. The number of amides is 1. The molecule has 42 heavy (non-hydrogen) atoms. The Kier molecular flexibility index (Phi) is 14.7. The van der Waals surface area contributed by atoms with E-state index in [0.29, 0.717) is 12.3 Å². The highest BCUT2D eigenvalue weighted by atomic mass is 19.2. The van der Waals surface area contributed by atoms with E-state index in [1.54, 1.807) is 0 Å². The van der Waals surface area contributed by atoms with Crippen LogP contribution in [0.3, 0.4) is 0 Å². The standard InChI is InChI=1S/C31H43F4NO6/c32-24-20-25(33)28(35)30(27(24)34)42-26(37)14-16-40-18-19-41-17-15-36-31(39)23-12-10-22(11-13-23)29(38)21-8-6-4-2-1-3-5-7-9-21/h20-23H,1-19H2,(H,36,39). The number of halogens is 4. The van der Waals surface area contributed by atoms with Gasteiger partial charge in [0.25, 0.3) is 0 Å². The van der Waals surface area contributed by atoms with Gasteiger partial charge in [-0.2, -0.15) is 8.78 Å². The van der Waals surface area contributed by atoms with E-state index in [4.69, 9.17) is 9.47 Å². The molecular weight excluding hydrogens is 558 g/mol. The van der Waals surface area contributed by atoms with Crippen molar-refractivity contribution in [1.29, 1.82) is 0 Å². The molecule has 1 aromatic carbocycles. The summed E-state index contributed by atoms with van der Waals surface area (Å²) in [5, 5.41) is 2.88. The number of ether oxygens (including phenoxy) is 3. The Labute approximate surface area is 245 Å². The number of nitrogens with one attached hydrogen (secondary N) is 1. The molecule has 0 heterocycles. The van der Waals surface area contributed by atoms with Crippen LogP contribution in [0.15, 0.2) is 6.07 Å². The van der Waals surface area contributed by atoms with Gasteiger partial charge in [-0.3, -0.25) is 14.4 Å². The molecule has 0 unspecified atom stereocenters. The summed E-state index contributed by atoms with van der Waals surface area (Å²) in [6, 6.07) is 0.0200. The molecule has 0 radical (unpaired) electrons. The summed E-state index contributed by atoms with van der Waals surface area (Å²) in [4.78, 5) is 37.5. The Morgan fingerprint density at radius 1 is 0.667 bits per heavy atom. The number of Topliss-reactive ketones (excluding diaryl/α,β-unsaturated/α-hetero) is 1. The normalized spacial score (nSPS) is 20.6. The van der Waals surface area contributed by atoms with Crippen molar-refractivity contribution >= 4 is 17.7 Å². The van der Waals surface area contributed by atoms with Crippen LogP contribution in [-0.2, 0) is 23.9 Å². The van der Waals surface area contributed by atoms with Gasteiger partial charge in [0.2, 0.25) is 23.3 Å². The van der Waals surface area contributed by atoms with Gasteiger partial charge < -0.3 is 19.5 Å². The summed E-state index contributed by atoms with van der Waals surface area (Å²) in [6.07, 6.45) is 13.2. The van der Waals surface area contributed by atoms with Gasteiger partial charge in [0, 0.05) is 30.4 Å². The van der Waals surface area contributed by atoms with Crippen LogP contribution in [0.1, 0.15) is 89.9 Å². The number of esters is 1. The Morgan fingerprint density at radius 3 is 1.76 bits per heavy atom. The van der Waals surface area contributed by atoms with E-state index in [1.165, 1.54) is 32.1 Å². The zero-order chi connectivity index (χ0) is 30.3. The van der Waals surface area contributed by atoms with Crippen LogP contribution < -0.4 is 10.1 Å². The lowest BCUT2D eigenvalue weighted by Crippen LogP contribution is -2.37. The number of rotatable bonds is 13. The van der Waals surface area contributed by atoms with Crippen molar-refractivity contribution in [2.24, 2.45) is 17.8 Å². The van der Waals surface area contributed by atoms with Crippen LogP contribution in [0.4, 0.5) is 17.6 Å². The largest absolute Gasteiger partial charge is 0.420 e. The first kappa shape index (κ1) is 34.0. The predicted octanol–water partition coefficient (Wildman–Crippen LogP) is 6.20. The van der Waals surface area contributed by atoms with Crippen LogP contribution in [0.2, 0.25) is 0 Å². The van der Waals surface area contributed by atoms with E-state index >= 15 is 0 Å². The van der Waals surface area contributed by atoms with Crippen molar-refractivity contribution < 1.29 is 46.2 Å². The summed E-state index contributed by atoms with van der Waals surface area (Å²) in [7, 11) is 0. The van der Waals surface area contributed by atoms with E-state index in [9.17, 15) is 31.9 Å². The maximum Gasteiger partial charge on any atom is 0.313 e. The zero-order valence-corrected chi connectivity index (χ0v) is 24.2. The van der Waals surface area contributed by atoms with E-state index in [-0.39, 0.29) is 56.2 Å². The van der Waals surface area contributed by atoms with E-state index in [2.05, 4.69) is 10.1 Å². The molecule has 7 nitrogen and oxygen atoms in total. The summed E-state index contributed by atoms with van der Waals surface area (Å²) < 4.78 is 68.5. The first-order chi connectivity index (χ1) is 20.3. The summed E-state index contributed by atoms with van der Waals surface area (Å²) >= 11 is 0. The molecule has 0 aliphatic heterocycles. The number of benzene rings is 1. The number of carbonyl (C=O) groups is 3. The first-order valence-electron chi connectivity index (χ1n) is 15.3. The molecule has 1 amide bonds. The second-order valence-corrected chi connectivity index (χ2v) is 11.2. The average Bonchev–Trinajstić information content (AvgIpc) is 2.99. The third-order valence-corrected chi connectivity index (χ3v) is 8.16. The minimum absolute atomic E-state index is 0.0200. The lowest BCUT2D eigenvalue weighted by molar-refractivity contribution is -0.136. The molecular formula is C31H43F4NO6. The Morgan fingerprint density at radius 2 is 1.17 bits per heavy atom. The van der Waals surface area contributed by atoms with Crippen molar-refractivity contribution in [2.45, 2.75) is 89.9 Å². The second-order valence-electron chi connectivity index (χ2n) is 11.2. The predicted molar refractivity (Wildman–Crippen MR) is 147 cm³/mol. The van der Waals surface area contributed by atoms with Gasteiger partial charge >= 0.3 is 5.97 Å². The first-order valence-corrected chi connectivity index (χ1v) is 15.3. The molecule has 2 aliphatic carbocycles. The minimum Gasteiger partial charge on any atom is -0.420 e. The van der Waals surface area contributed by atoms with Gasteiger partial charge in [0.05, 0.1) is 32.8 Å². The number of hydrogen-bond acceptors (Lipinski definition) is 6. The molecule has 0 aromatic heterocycles. The van der Waals surface area contributed by atoms with Crippen molar-refractivity contribution in [3.05, 3.63) is 29.3 Å². The maximum atomic E-state index is 13.6. The zero-order valence-electron chi connectivity index (χ0n) is 24.2. The van der Waals surface area contributed by atoms with Gasteiger partial charge in [-0.1, -0.05) is 44.9 Å². The number of carbonyl (C=O) groups excluding carboxylic acids is 3. The topological polar surface area (TPSA) is 90.9 Å². The molecule has 1 aromatic rings. The highest BCUT2D eigenvalue weighted by molar-refractivity contribution is 5.84. The molecule has 236 valence electrons. The lowest BCUT2D eigenvalue weighted by Gasteiger charge is -2.29. The van der Waals surface area contributed by atoms with Gasteiger partial charge in [0.15, 0.2) is 11.6 Å². The van der Waals surface area contributed by atoms with Crippen molar-refractivity contribution in [1.82, 2.24) is 5.32 Å². The molecule has 0 saturated heterocycles. The molecule has 11 heteroatoms. The van der Waals surface area contributed by atoms with Crippen LogP contribution in [0.25, 0.3) is 0 Å². The van der Waals surface area contributed by atoms with E-state index in [1.807, 2.05) is 0 Å². The average molecular weight is 602 g/mol. The van der Waals surface area contributed by atoms with E-state index in [0.717, 1.165) is 51.4 Å². The van der Waals surface area contributed by atoms with Crippen molar-refractivity contribution in [3.63, 3.8) is 0 Å². The third kappa shape index (κ3) is 10.9. The van der Waals surface area contributed by atoms with Crippen LogP contribution >= 0.6 is 0 Å². The summed E-state index contributed by atoms with van der Waals surface area (Å²) in [5.41, 5.74) is 0. The fourth-order valence-corrected chi connectivity index (χ4v) is 5.74. The molecule has 0 bridgehead atoms. The van der Waals surface area contributed by atoms with Gasteiger partial charge in [-0.25, -0.2) is 8.78 Å². The smallest absolute Gasteiger partial charge is 0.313 e. The molecule has 2 fully saturated rings. The molecule has 0 atom stereocenters. The van der Waals surface area contributed by atoms with Gasteiger partial charge in [-0.05, 0) is 38.5 Å². The Bertz CT molecular complexity index is 995. The highest BCUT2D eigenvalue weighted by Gasteiger charge is 2.33. The van der Waals surface area contributed by atoms with Crippen molar-refractivity contribution in [2.75, 3.05) is 33.0 Å². The molecule has 0 spiro atoms. The van der Waals surface area contributed by atoms with Crippen molar-refractivity contribution in [3.8, 4) is 5.75 Å². The van der Waals surface area contributed by atoms with Crippen LogP contribution in [0, 0.1) is 41.0 Å². The molecule has 1 N–H and O–H groups in total. The Balaban J connectivity index is 1.21.